The van der Waals surface area contributed by atoms with Gasteiger partial charge in [0.25, 0.3) is 0 Å². The molecule has 154 valence electrons. The number of piperazine rings is 1. The number of carbonyl (C=O) groups excluding carboxylic acids is 1. The maximum Gasteiger partial charge on any atom is 0.246 e. The van der Waals surface area contributed by atoms with Gasteiger partial charge in [0.05, 0.1) is 19.0 Å². The Morgan fingerprint density at radius 2 is 2.10 bits per heavy atom. The van der Waals surface area contributed by atoms with Crippen LogP contribution >= 0.6 is 0 Å². The van der Waals surface area contributed by atoms with Crippen LogP contribution < -0.4 is 15.0 Å². The van der Waals surface area contributed by atoms with E-state index in [0.29, 0.717) is 13.1 Å². The molecule has 8 heteroatoms. The van der Waals surface area contributed by atoms with E-state index < -0.39 is 0 Å². The van der Waals surface area contributed by atoms with E-state index in [1.165, 1.54) is 5.56 Å². The van der Waals surface area contributed by atoms with Crippen LogP contribution in [0.3, 0.4) is 0 Å². The Kier molecular flexibility index (Phi) is 5.17. The number of aromatic nitrogens is 2. The fraction of sp³-hybridized carbons (Fsp3) is 0.476. The molecule has 2 fully saturated rings. The second kappa shape index (κ2) is 7.77. The van der Waals surface area contributed by atoms with Crippen molar-refractivity contribution in [2.75, 3.05) is 45.2 Å². The van der Waals surface area contributed by atoms with Crippen molar-refractivity contribution in [2.45, 2.75) is 18.3 Å². The Morgan fingerprint density at radius 3 is 2.72 bits per heavy atom. The van der Waals surface area contributed by atoms with Gasteiger partial charge in [-0.25, -0.2) is 0 Å². The number of hydrogen-bond donors (Lipinski definition) is 1. The first kappa shape index (κ1) is 19.3. The number of guanidine groups is 1. The van der Waals surface area contributed by atoms with Crippen LogP contribution in [0, 0.1) is 0 Å². The SMILES string of the molecule is CN=C(NCC1(c2ccccc2OC)CC1)N1CCN(c2cnn(C)c2)C(=O)C1. The van der Waals surface area contributed by atoms with Gasteiger partial charge < -0.3 is 19.9 Å². The number of anilines is 1. The number of nitrogens with zero attached hydrogens (tertiary/aromatic N) is 5. The van der Waals surface area contributed by atoms with Gasteiger partial charge in [-0.15, -0.1) is 0 Å². The molecule has 0 radical (unpaired) electrons. The van der Waals surface area contributed by atoms with Gasteiger partial charge in [-0.1, -0.05) is 18.2 Å². The number of ether oxygens (including phenoxy) is 1. The van der Waals surface area contributed by atoms with Crippen molar-refractivity contribution in [2.24, 2.45) is 12.0 Å². The zero-order valence-electron chi connectivity index (χ0n) is 17.3. The summed E-state index contributed by atoms with van der Waals surface area (Å²) in [6.07, 6.45) is 5.83. The molecule has 0 atom stereocenters. The molecule has 4 rings (SSSR count). The fourth-order valence-corrected chi connectivity index (χ4v) is 4.03. The third kappa shape index (κ3) is 3.79. The first-order chi connectivity index (χ1) is 14.1. The molecule has 1 N–H and O–H groups in total. The summed E-state index contributed by atoms with van der Waals surface area (Å²) in [5.41, 5.74) is 2.15. The number of benzene rings is 1. The molecule has 1 saturated heterocycles. The van der Waals surface area contributed by atoms with Gasteiger partial charge in [-0.3, -0.25) is 14.5 Å². The van der Waals surface area contributed by atoms with E-state index in [9.17, 15) is 4.79 Å². The smallest absolute Gasteiger partial charge is 0.246 e. The van der Waals surface area contributed by atoms with Crippen molar-refractivity contribution in [3.63, 3.8) is 0 Å². The summed E-state index contributed by atoms with van der Waals surface area (Å²) in [5.74, 6) is 1.76. The summed E-state index contributed by atoms with van der Waals surface area (Å²) in [5, 5.41) is 7.67. The molecule has 1 aliphatic carbocycles. The van der Waals surface area contributed by atoms with Crippen LogP contribution in [0.25, 0.3) is 0 Å². The van der Waals surface area contributed by atoms with E-state index in [1.54, 1.807) is 29.9 Å². The van der Waals surface area contributed by atoms with Gasteiger partial charge in [-0.05, 0) is 18.9 Å². The van der Waals surface area contributed by atoms with Gasteiger partial charge in [0, 0.05) is 50.9 Å². The molecular weight excluding hydrogens is 368 g/mol. The predicted octanol–water partition coefficient (Wildman–Crippen LogP) is 1.38. The number of carbonyl (C=O) groups is 1. The zero-order chi connectivity index (χ0) is 20.4. The molecular formula is C21H28N6O2. The van der Waals surface area contributed by atoms with Crippen LogP contribution in [-0.2, 0) is 17.3 Å². The highest BCUT2D eigenvalue weighted by atomic mass is 16.5. The zero-order valence-corrected chi connectivity index (χ0v) is 17.3. The Labute approximate surface area is 171 Å². The first-order valence-electron chi connectivity index (χ1n) is 9.94. The molecule has 0 bridgehead atoms. The average Bonchev–Trinajstić information content (AvgIpc) is 3.41. The largest absolute Gasteiger partial charge is 0.496 e. The van der Waals surface area contributed by atoms with Gasteiger partial charge in [0.15, 0.2) is 5.96 Å². The van der Waals surface area contributed by atoms with Crippen LogP contribution in [0.1, 0.15) is 18.4 Å². The second-order valence-electron chi connectivity index (χ2n) is 7.72. The standard InChI is InChI=1S/C21H28N6O2/c1-22-20(23-15-21(8-9-21)17-6-4-5-7-18(17)29-3)26-10-11-27(19(28)14-26)16-12-24-25(2)13-16/h4-7,12-13H,8-11,14-15H2,1-3H3,(H,22,23). The van der Waals surface area contributed by atoms with E-state index in [2.05, 4.69) is 27.5 Å². The maximum absolute atomic E-state index is 12.7. The molecule has 1 aromatic carbocycles. The molecule has 0 unspecified atom stereocenters. The minimum absolute atomic E-state index is 0.0538. The average molecular weight is 396 g/mol. The number of methoxy groups -OCH3 is 1. The molecule has 8 nitrogen and oxygen atoms in total. The number of rotatable bonds is 5. The lowest BCUT2D eigenvalue weighted by atomic mass is 9.95. The number of hydrogen-bond acceptors (Lipinski definition) is 4. The molecule has 1 saturated carbocycles. The second-order valence-corrected chi connectivity index (χ2v) is 7.72. The minimum atomic E-state index is 0.0538. The summed E-state index contributed by atoms with van der Waals surface area (Å²) in [6, 6.07) is 8.22. The maximum atomic E-state index is 12.7. The normalized spacial score (nSPS) is 18.7. The fourth-order valence-electron chi connectivity index (χ4n) is 4.03. The minimum Gasteiger partial charge on any atom is -0.496 e. The van der Waals surface area contributed by atoms with Gasteiger partial charge in [0.2, 0.25) is 5.91 Å². The van der Waals surface area contributed by atoms with E-state index >= 15 is 0 Å². The van der Waals surface area contributed by atoms with E-state index in [4.69, 9.17) is 4.74 Å². The third-order valence-corrected chi connectivity index (χ3v) is 5.85. The number of aryl methyl sites for hydroxylation is 1. The monoisotopic (exact) mass is 396 g/mol. The Bertz CT molecular complexity index is 917. The highest BCUT2D eigenvalue weighted by molar-refractivity contribution is 5.98. The molecule has 29 heavy (non-hydrogen) atoms. The van der Waals surface area contributed by atoms with Crippen molar-refractivity contribution in [3.8, 4) is 5.75 Å². The Hall–Kier alpha value is -3.03. The van der Waals surface area contributed by atoms with Crippen molar-refractivity contribution in [1.82, 2.24) is 20.0 Å². The van der Waals surface area contributed by atoms with Crippen LogP contribution in [0.15, 0.2) is 41.7 Å². The molecule has 2 aromatic rings. The topological polar surface area (TPSA) is 75.0 Å². The molecule has 1 amide bonds. The summed E-state index contributed by atoms with van der Waals surface area (Å²) in [6.45, 7) is 2.41. The number of para-hydroxylation sites is 1. The molecule has 2 heterocycles. The Balaban J connectivity index is 1.40. The number of amides is 1. The van der Waals surface area contributed by atoms with Crippen molar-refractivity contribution < 1.29 is 9.53 Å². The lowest BCUT2D eigenvalue weighted by Crippen LogP contribution is -2.56. The summed E-state index contributed by atoms with van der Waals surface area (Å²) in [7, 11) is 5.34. The van der Waals surface area contributed by atoms with Crippen LogP contribution in [0.5, 0.6) is 5.75 Å². The summed E-state index contributed by atoms with van der Waals surface area (Å²) in [4.78, 5) is 20.9. The van der Waals surface area contributed by atoms with E-state index in [1.807, 2.05) is 30.3 Å². The molecule has 1 aliphatic heterocycles. The number of nitrogens with one attached hydrogen (secondary N) is 1. The van der Waals surface area contributed by atoms with E-state index in [0.717, 1.165) is 43.3 Å². The van der Waals surface area contributed by atoms with Gasteiger partial charge >= 0.3 is 0 Å². The highest BCUT2D eigenvalue weighted by Crippen LogP contribution is 2.50. The van der Waals surface area contributed by atoms with Gasteiger partial charge in [-0.2, -0.15) is 5.10 Å². The number of aliphatic imine (C=N–C) groups is 1. The lowest BCUT2D eigenvalue weighted by molar-refractivity contribution is -0.120. The quantitative estimate of drug-likeness (QED) is 0.611. The summed E-state index contributed by atoms with van der Waals surface area (Å²) >= 11 is 0. The van der Waals surface area contributed by atoms with Crippen molar-refractivity contribution in [3.05, 3.63) is 42.2 Å². The highest BCUT2D eigenvalue weighted by Gasteiger charge is 2.46. The Morgan fingerprint density at radius 1 is 1.31 bits per heavy atom. The van der Waals surface area contributed by atoms with Crippen LogP contribution in [-0.4, -0.2) is 66.9 Å². The van der Waals surface area contributed by atoms with Crippen molar-refractivity contribution >= 4 is 17.6 Å². The lowest BCUT2D eigenvalue weighted by Gasteiger charge is -2.35. The van der Waals surface area contributed by atoms with Crippen molar-refractivity contribution in [1.29, 1.82) is 0 Å². The predicted molar refractivity (Wildman–Crippen MR) is 112 cm³/mol. The van der Waals surface area contributed by atoms with Gasteiger partial charge in [0.1, 0.15) is 12.3 Å². The molecule has 2 aliphatic rings. The van der Waals surface area contributed by atoms with Crippen LogP contribution in [0.4, 0.5) is 5.69 Å². The molecule has 1 aromatic heterocycles. The third-order valence-electron chi connectivity index (χ3n) is 5.85. The first-order valence-corrected chi connectivity index (χ1v) is 9.94. The molecule has 0 spiro atoms. The summed E-state index contributed by atoms with van der Waals surface area (Å²) < 4.78 is 7.28. The van der Waals surface area contributed by atoms with E-state index in [-0.39, 0.29) is 11.3 Å². The van der Waals surface area contributed by atoms with Crippen LogP contribution in [0.2, 0.25) is 0 Å².